The molecular weight excluding hydrogens is 757 g/mol. The first kappa shape index (κ1) is 57.9. The molecule has 0 saturated carbocycles. The van der Waals surface area contributed by atoms with Crippen molar-refractivity contribution >= 4 is 17.9 Å². The summed E-state index contributed by atoms with van der Waals surface area (Å²) in [6.45, 7) is 6.41. The maximum absolute atomic E-state index is 12.7. The highest BCUT2D eigenvalue weighted by atomic mass is 16.6. The van der Waals surface area contributed by atoms with E-state index in [2.05, 4.69) is 87.6 Å². The Kier molecular flexibility index (Phi) is 46.9. The smallest absolute Gasteiger partial charge is 0.306 e. The van der Waals surface area contributed by atoms with Crippen LogP contribution in [0.5, 0.6) is 0 Å². The maximum Gasteiger partial charge on any atom is 0.306 e. The number of unbranched alkanes of at least 4 members (excludes halogenated alkanes) is 22. The average molecular weight is 851 g/mol. The van der Waals surface area contributed by atoms with E-state index in [1.54, 1.807) is 0 Å². The summed E-state index contributed by atoms with van der Waals surface area (Å²) in [7, 11) is 0. The van der Waals surface area contributed by atoms with Crippen molar-refractivity contribution < 1.29 is 28.6 Å². The lowest BCUT2D eigenvalue weighted by Crippen LogP contribution is -2.30. The van der Waals surface area contributed by atoms with E-state index in [1.165, 1.54) is 128 Å². The molecular formula is C55H94O6. The summed E-state index contributed by atoms with van der Waals surface area (Å²) in [5, 5.41) is 0. The molecule has 0 bridgehead atoms. The minimum absolute atomic E-state index is 0.116. The minimum Gasteiger partial charge on any atom is -0.462 e. The van der Waals surface area contributed by atoms with E-state index in [1.807, 2.05) is 6.08 Å². The fourth-order valence-electron chi connectivity index (χ4n) is 6.87. The lowest BCUT2D eigenvalue weighted by Gasteiger charge is -2.18. The van der Waals surface area contributed by atoms with Crippen molar-refractivity contribution in [3.63, 3.8) is 0 Å². The molecule has 350 valence electrons. The molecule has 1 atom stereocenters. The molecule has 0 aromatic rings. The second kappa shape index (κ2) is 49.5. The zero-order valence-electron chi connectivity index (χ0n) is 39.9. The van der Waals surface area contributed by atoms with Crippen LogP contribution >= 0.6 is 0 Å². The van der Waals surface area contributed by atoms with Gasteiger partial charge in [-0.25, -0.2) is 0 Å². The van der Waals surface area contributed by atoms with Gasteiger partial charge in [-0.1, -0.05) is 203 Å². The van der Waals surface area contributed by atoms with Crippen LogP contribution in [0.1, 0.15) is 239 Å². The van der Waals surface area contributed by atoms with Gasteiger partial charge in [-0.05, 0) is 89.9 Å². The fraction of sp³-hybridized carbons (Fsp3) is 0.727. The predicted octanol–water partition coefficient (Wildman–Crippen LogP) is 16.6. The number of rotatable bonds is 45. The predicted molar refractivity (Wildman–Crippen MR) is 261 cm³/mol. The first-order valence-corrected chi connectivity index (χ1v) is 25.4. The van der Waals surface area contributed by atoms with Crippen LogP contribution in [-0.4, -0.2) is 37.2 Å². The molecule has 0 aliphatic heterocycles. The third-order valence-electron chi connectivity index (χ3n) is 10.7. The quantitative estimate of drug-likeness (QED) is 0.0263. The van der Waals surface area contributed by atoms with E-state index < -0.39 is 12.1 Å². The van der Waals surface area contributed by atoms with E-state index in [9.17, 15) is 14.4 Å². The Morgan fingerprint density at radius 2 is 0.689 bits per heavy atom. The van der Waals surface area contributed by atoms with Gasteiger partial charge < -0.3 is 14.2 Å². The lowest BCUT2D eigenvalue weighted by atomic mass is 10.1. The fourth-order valence-corrected chi connectivity index (χ4v) is 6.87. The average Bonchev–Trinajstić information content (AvgIpc) is 3.26. The zero-order valence-corrected chi connectivity index (χ0v) is 39.9. The monoisotopic (exact) mass is 851 g/mol. The highest BCUT2D eigenvalue weighted by molar-refractivity contribution is 5.71. The van der Waals surface area contributed by atoms with Crippen LogP contribution in [-0.2, 0) is 28.6 Å². The van der Waals surface area contributed by atoms with Gasteiger partial charge in [-0.2, -0.15) is 0 Å². The van der Waals surface area contributed by atoms with Crippen molar-refractivity contribution in [2.45, 2.75) is 245 Å². The van der Waals surface area contributed by atoms with Gasteiger partial charge in [0.1, 0.15) is 13.2 Å². The van der Waals surface area contributed by atoms with E-state index in [-0.39, 0.29) is 38.0 Å². The van der Waals surface area contributed by atoms with Crippen LogP contribution < -0.4 is 0 Å². The summed E-state index contributed by atoms with van der Waals surface area (Å²) in [4.78, 5) is 37.8. The Bertz CT molecular complexity index is 1160. The molecule has 0 rings (SSSR count). The molecule has 0 saturated heterocycles. The summed E-state index contributed by atoms with van der Waals surface area (Å²) in [6.07, 6.45) is 62.0. The topological polar surface area (TPSA) is 78.9 Å². The third kappa shape index (κ3) is 47.7. The summed E-state index contributed by atoms with van der Waals surface area (Å²) in [5.41, 5.74) is 0. The molecule has 0 aromatic carbocycles. The normalized spacial score (nSPS) is 12.6. The van der Waals surface area contributed by atoms with Crippen molar-refractivity contribution in [3.8, 4) is 0 Å². The van der Waals surface area contributed by atoms with Gasteiger partial charge in [-0.3, -0.25) is 14.4 Å². The molecule has 0 aliphatic rings. The van der Waals surface area contributed by atoms with Gasteiger partial charge in [0.05, 0.1) is 0 Å². The Hall–Kier alpha value is -3.15. The van der Waals surface area contributed by atoms with Gasteiger partial charge in [0.2, 0.25) is 0 Å². The number of hydrogen-bond donors (Lipinski definition) is 0. The summed E-state index contributed by atoms with van der Waals surface area (Å²) in [6, 6.07) is 0. The molecule has 6 nitrogen and oxygen atoms in total. The molecule has 0 aromatic heterocycles. The standard InChI is InChI=1S/C55H94O6/c1-4-7-10-13-16-19-22-24-25-26-27-28-29-31-33-36-39-42-45-48-54(57)60-51-52(50-59-53(56)47-44-41-38-35-32-21-18-15-12-9-6-3)61-55(58)49-46-43-40-37-34-30-23-20-17-14-11-8-5-2/h9,12,18,21,26-27,30,34-35,38,40,43,52H,4-8,10-11,13-17,19-20,22-25,28-29,31-33,36-37,39,41-42,44-51H2,1-3H3/b12-9-,21-18-,27-26-,34-30-,38-35-,43-40-. The highest BCUT2D eigenvalue weighted by Crippen LogP contribution is 2.13. The molecule has 1 unspecified atom stereocenters. The molecule has 0 radical (unpaired) electrons. The molecule has 0 fully saturated rings. The summed E-state index contributed by atoms with van der Waals surface area (Å²) < 4.78 is 16.6. The van der Waals surface area contributed by atoms with Crippen molar-refractivity contribution in [1.29, 1.82) is 0 Å². The van der Waals surface area contributed by atoms with Crippen LogP contribution in [0, 0.1) is 0 Å². The molecule has 0 spiro atoms. The first-order chi connectivity index (χ1) is 30.0. The van der Waals surface area contributed by atoms with Gasteiger partial charge in [0, 0.05) is 19.3 Å². The zero-order chi connectivity index (χ0) is 44.4. The molecule has 0 heterocycles. The number of carbonyl (C=O) groups excluding carboxylic acids is 3. The highest BCUT2D eigenvalue weighted by Gasteiger charge is 2.19. The van der Waals surface area contributed by atoms with Gasteiger partial charge in [0.25, 0.3) is 0 Å². The second-order valence-corrected chi connectivity index (χ2v) is 16.7. The van der Waals surface area contributed by atoms with Crippen molar-refractivity contribution in [1.82, 2.24) is 0 Å². The Morgan fingerprint density at radius 3 is 1.15 bits per heavy atom. The van der Waals surface area contributed by atoms with Crippen LogP contribution in [0.15, 0.2) is 72.9 Å². The minimum atomic E-state index is -0.826. The molecule has 0 amide bonds. The number of allylic oxidation sites excluding steroid dienone is 12. The third-order valence-corrected chi connectivity index (χ3v) is 10.7. The molecule has 61 heavy (non-hydrogen) atoms. The van der Waals surface area contributed by atoms with Crippen LogP contribution in [0.25, 0.3) is 0 Å². The van der Waals surface area contributed by atoms with Gasteiger partial charge in [0.15, 0.2) is 6.10 Å². The van der Waals surface area contributed by atoms with Crippen LogP contribution in [0.3, 0.4) is 0 Å². The SMILES string of the molecule is CC/C=C\C/C=C\C/C=C\CCCC(=O)OCC(COC(=O)CCCCCCCCC/C=C\CCCCCCCCCC)OC(=O)CC/C=C\C/C=C\CCCCCCCC. The number of hydrogen-bond acceptors (Lipinski definition) is 6. The van der Waals surface area contributed by atoms with Crippen molar-refractivity contribution in [3.05, 3.63) is 72.9 Å². The largest absolute Gasteiger partial charge is 0.462 e. The Labute approximate surface area is 376 Å². The number of ether oxygens (including phenoxy) is 3. The molecule has 0 N–H and O–H groups in total. The van der Waals surface area contributed by atoms with E-state index in [4.69, 9.17) is 14.2 Å². The first-order valence-electron chi connectivity index (χ1n) is 25.4. The van der Waals surface area contributed by atoms with Gasteiger partial charge >= 0.3 is 17.9 Å². The van der Waals surface area contributed by atoms with E-state index in [0.717, 1.165) is 57.8 Å². The second-order valence-electron chi connectivity index (χ2n) is 16.7. The van der Waals surface area contributed by atoms with E-state index in [0.29, 0.717) is 19.3 Å². The number of esters is 3. The molecule has 6 heteroatoms. The van der Waals surface area contributed by atoms with Gasteiger partial charge in [-0.15, -0.1) is 0 Å². The van der Waals surface area contributed by atoms with Crippen LogP contribution in [0.2, 0.25) is 0 Å². The lowest BCUT2D eigenvalue weighted by molar-refractivity contribution is -0.166. The van der Waals surface area contributed by atoms with Crippen molar-refractivity contribution in [2.75, 3.05) is 13.2 Å². The van der Waals surface area contributed by atoms with Crippen molar-refractivity contribution in [2.24, 2.45) is 0 Å². The van der Waals surface area contributed by atoms with Crippen LogP contribution in [0.4, 0.5) is 0 Å². The summed E-state index contributed by atoms with van der Waals surface area (Å²) in [5.74, 6) is -1.05. The maximum atomic E-state index is 12.7. The molecule has 0 aliphatic carbocycles. The number of carbonyl (C=O) groups is 3. The Balaban J connectivity index is 4.42. The van der Waals surface area contributed by atoms with E-state index >= 15 is 0 Å². The Morgan fingerprint density at radius 1 is 0.344 bits per heavy atom. The summed E-state index contributed by atoms with van der Waals surface area (Å²) >= 11 is 0.